The molecular formula is C43H57IrN2O2-. The molecule has 0 spiro atoms. The fraction of sp³-hybridized carbons (Fsp3) is 0.512. The summed E-state index contributed by atoms with van der Waals surface area (Å²) in [6, 6.07) is 19.1. The molecule has 5 rings (SSSR count). The van der Waals surface area contributed by atoms with E-state index < -0.39 is 0 Å². The second-order valence-electron chi connectivity index (χ2n) is 14.7. The van der Waals surface area contributed by atoms with Crippen LogP contribution in [0.4, 0.5) is 0 Å². The molecular weight excluding hydrogens is 769 g/mol. The number of aliphatic hydroxyl groups is 1. The number of carbonyl (C=O) groups is 1. The molecule has 3 aromatic carbocycles. The first-order valence-corrected chi connectivity index (χ1v) is 18.0. The van der Waals surface area contributed by atoms with Crippen LogP contribution in [0.25, 0.3) is 32.9 Å². The third kappa shape index (κ3) is 8.28. The molecule has 48 heavy (non-hydrogen) atoms. The Balaban J connectivity index is 0.000000301. The van der Waals surface area contributed by atoms with Gasteiger partial charge < -0.3 is 5.11 Å². The number of hydrogen-bond acceptors (Lipinski definition) is 4. The van der Waals surface area contributed by atoms with Gasteiger partial charge in [-0.15, -0.1) is 34.9 Å². The van der Waals surface area contributed by atoms with Gasteiger partial charge in [0.1, 0.15) is 11.6 Å². The van der Waals surface area contributed by atoms with Crippen molar-refractivity contribution < 1.29 is 30.0 Å². The molecule has 0 aliphatic heterocycles. The Hall–Kier alpha value is -2.88. The molecule has 1 aliphatic rings. The van der Waals surface area contributed by atoms with Crippen LogP contribution in [0.3, 0.4) is 0 Å². The predicted molar refractivity (Wildman–Crippen MR) is 199 cm³/mol. The van der Waals surface area contributed by atoms with Gasteiger partial charge in [0.2, 0.25) is 0 Å². The number of allylic oxidation sites excluding steroid dienone is 2. The number of aryl methyl sites for hydroxylation is 2. The molecule has 0 bridgehead atoms. The molecule has 1 aliphatic carbocycles. The number of ketones is 1. The van der Waals surface area contributed by atoms with Crippen LogP contribution >= 0.6 is 0 Å². The minimum Gasteiger partial charge on any atom is -0.512 e. The quantitative estimate of drug-likeness (QED) is 0.0749. The summed E-state index contributed by atoms with van der Waals surface area (Å²) in [7, 11) is 0. The number of carbonyl (C=O) groups excluding carboxylic acids is 1. The summed E-state index contributed by atoms with van der Waals surface area (Å²) in [6.07, 6.45) is 9.66. The van der Waals surface area contributed by atoms with Crippen LogP contribution in [-0.2, 0) is 37.7 Å². The Morgan fingerprint density at radius 2 is 1.50 bits per heavy atom. The third-order valence-electron chi connectivity index (χ3n) is 11.0. The minimum atomic E-state index is -0.337. The summed E-state index contributed by atoms with van der Waals surface area (Å²) < 4.78 is 0. The van der Waals surface area contributed by atoms with E-state index in [1.54, 1.807) is 0 Å². The molecule has 1 heterocycles. The van der Waals surface area contributed by atoms with Crippen LogP contribution in [0.1, 0.15) is 142 Å². The van der Waals surface area contributed by atoms with E-state index in [-0.39, 0.29) is 48.4 Å². The van der Waals surface area contributed by atoms with E-state index in [0.717, 1.165) is 60.1 Å². The number of fused-ring (bicyclic) bond motifs is 4. The Bertz CT molecular complexity index is 1750. The van der Waals surface area contributed by atoms with E-state index in [1.165, 1.54) is 52.8 Å². The second-order valence-corrected chi connectivity index (χ2v) is 14.7. The maximum Gasteiger partial charge on any atom is 0.164 e. The molecule has 5 heteroatoms. The molecule has 0 saturated heterocycles. The Labute approximate surface area is 303 Å². The zero-order valence-corrected chi connectivity index (χ0v) is 33.4. The minimum absolute atomic E-state index is 0. The van der Waals surface area contributed by atoms with Gasteiger partial charge in [-0.2, -0.15) is 0 Å². The number of benzene rings is 3. The monoisotopic (exact) mass is 826 g/mol. The fourth-order valence-corrected chi connectivity index (χ4v) is 6.44. The molecule has 1 N–H and O–H groups in total. The van der Waals surface area contributed by atoms with Gasteiger partial charge in [0.25, 0.3) is 0 Å². The molecule has 0 unspecified atom stereocenters. The van der Waals surface area contributed by atoms with Gasteiger partial charge in [0, 0.05) is 48.3 Å². The van der Waals surface area contributed by atoms with Gasteiger partial charge in [-0.1, -0.05) is 119 Å². The summed E-state index contributed by atoms with van der Waals surface area (Å²) in [6.45, 7) is 21.0. The first kappa shape index (κ1) is 39.6. The van der Waals surface area contributed by atoms with E-state index >= 15 is 0 Å². The van der Waals surface area contributed by atoms with Gasteiger partial charge in [-0.3, -0.25) is 9.78 Å². The normalized spacial score (nSPS) is 13.7. The molecule has 261 valence electrons. The van der Waals surface area contributed by atoms with Gasteiger partial charge in [-0.05, 0) is 60.1 Å². The number of rotatable bonds is 10. The smallest absolute Gasteiger partial charge is 0.164 e. The van der Waals surface area contributed by atoms with Crippen LogP contribution in [0.5, 0.6) is 0 Å². The molecule has 4 nitrogen and oxygen atoms in total. The van der Waals surface area contributed by atoms with Gasteiger partial charge in [0.05, 0.1) is 5.52 Å². The Morgan fingerprint density at radius 1 is 0.875 bits per heavy atom. The van der Waals surface area contributed by atoms with E-state index in [1.807, 2.05) is 41.5 Å². The van der Waals surface area contributed by atoms with Crippen molar-refractivity contribution in [1.29, 1.82) is 0 Å². The van der Waals surface area contributed by atoms with E-state index in [9.17, 15) is 9.90 Å². The maximum atomic E-state index is 12.2. The largest absolute Gasteiger partial charge is 0.512 e. The van der Waals surface area contributed by atoms with Gasteiger partial charge >= 0.3 is 0 Å². The predicted octanol–water partition coefficient (Wildman–Crippen LogP) is 12.0. The van der Waals surface area contributed by atoms with Gasteiger partial charge in [0.15, 0.2) is 5.78 Å². The molecule has 1 radical (unpaired) electrons. The average Bonchev–Trinajstić information content (AvgIpc) is 3.09. The first-order valence-electron chi connectivity index (χ1n) is 18.0. The van der Waals surface area contributed by atoms with Crippen LogP contribution in [-0.4, -0.2) is 20.9 Å². The molecule has 0 fully saturated rings. The molecule has 4 aromatic rings. The number of nitrogens with zero attached hydrogens (tertiary/aromatic N) is 2. The average molecular weight is 826 g/mol. The van der Waals surface area contributed by atoms with Crippen molar-refractivity contribution in [3.05, 3.63) is 82.9 Å². The zero-order valence-electron chi connectivity index (χ0n) is 31.0. The summed E-state index contributed by atoms with van der Waals surface area (Å²) in [5.41, 5.74) is 6.89. The zero-order chi connectivity index (χ0) is 34.5. The van der Waals surface area contributed by atoms with Crippen molar-refractivity contribution in [3.63, 3.8) is 0 Å². The van der Waals surface area contributed by atoms with E-state index in [4.69, 9.17) is 9.97 Å². The van der Waals surface area contributed by atoms with Crippen molar-refractivity contribution >= 4 is 27.5 Å². The molecule has 0 atom stereocenters. The number of aromatic nitrogens is 2. The topological polar surface area (TPSA) is 63.1 Å². The summed E-state index contributed by atoms with van der Waals surface area (Å²) >= 11 is 0. The summed E-state index contributed by atoms with van der Waals surface area (Å²) in [5, 5.41) is 13.8. The SMILES string of the molecule is CC(C)c1nc(-c2[c-]cc3c(c2)CCCC3)c2ccc3cccc(C(C)C)c3c2n1.CCC(C)(CC)C(=O)/C=C(\O)C(C)(CC)CC.[Ir]. The maximum absolute atomic E-state index is 12.2. The first-order chi connectivity index (χ1) is 22.3. The molecule has 1 aromatic heterocycles. The molecule has 0 amide bonds. The van der Waals surface area contributed by atoms with Crippen LogP contribution < -0.4 is 0 Å². The van der Waals surface area contributed by atoms with Crippen LogP contribution in [0, 0.1) is 16.9 Å². The van der Waals surface area contributed by atoms with Crippen molar-refractivity contribution in [2.75, 3.05) is 0 Å². The van der Waals surface area contributed by atoms with E-state index in [0.29, 0.717) is 5.92 Å². The third-order valence-corrected chi connectivity index (χ3v) is 11.0. The van der Waals surface area contributed by atoms with E-state index in [2.05, 4.69) is 76.2 Å². The van der Waals surface area contributed by atoms with Crippen LogP contribution in [0.2, 0.25) is 0 Å². The number of hydrogen-bond donors (Lipinski definition) is 1. The second kappa shape index (κ2) is 16.7. The summed E-state index contributed by atoms with van der Waals surface area (Å²) in [5.74, 6) is 1.91. The standard InChI is InChI=1S/C28H29N2.C15H28O2.Ir/c1-17(2)23-11-7-10-20-14-15-24-26(29-28(18(3)4)30-27(24)25(20)23)22-13-12-19-8-5-6-9-21(19)16-22;1-7-14(5,8-2)12(16)11-13(17)15(6,9-3)10-4;/h7,10-12,14-18H,5-6,8-9H2,1-4H3;11,16H,7-10H2,1-6H3;/q-1;;/b;12-11-;. The van der Waals surface area contributed by atoms with Crippen molar-refractivity contribution in [1.82, 2.24) is 9.97 Å². The Kier molecular flexibility index (Phi) is 13.7. The summed E-state index contributed by atoms with van der Waals surface area (Å²) in [4.78, 5) is 22.3. The van der Waals surface area contributed by atoms with Crippen molar-refractivity contribution in [3.8, 4) is 11.3 Å². The number of aliphatic hydroxyl groups excluding tert-OH is 1. The van der Waals surface area contributed by atoms with Crippen molar-refractivity contribution in [2.45, 2.75) is 132 Å². The molecule has 0 saturated carbocycles. The van der Waals surface area contributed by atoms with Crippen molar-refractivity contribution in [2.24, 2.45) is 10.8 Å². The Morgan fingerprint density at radius 3 is 2.08 bits per heavy atom. The van der Waals surface area contributed by atoms with Crippen LogP contribution in [0.15, 0.2) is 54.3 Å². The van der Waals surface area contributed by atoms with Gasteiger partial charge in [-0.25, -0.2) is 4.98 Å². The fourth-order valence-electron chi connectivity index (χ4n) is 6.44.